The lowest BCUT2D eigenvalue weighted by Crippen LogP contribution is -2.17. The number of rotatable bonds is 2. The van der Waals surface area contributed by atoms with Crippen LogP contribution in [0.2, 0.25) is 0 Å². The van der Waals surface area contributed by atoms with E-state index in [0.29, 0.717) is 17.4 Å². The van der Waals surface area contributed by atoms with Crippen molar-refractivity contribution in [2.24, 2.45) is 7.05 Å². The van der Waals surface area contributed by atoms with Crippen LogP contribution in [-0.4, -0.2) is 15.7 Å². The lowest BCUT2D eigenvalue weighted by atomic mass is 10.1. The highest BCUT2D eigenvalue weighted by Gasteiger charge is 2.35. The Morgan fingerprint density at radius 2 is 2.00 bits per heavy atom. The summed E-state index contributed by atoms with van der Waals surface area (Å²) < 4.78 is 53.1. The number of halogens is 4. The number of hydrogen-bond donors (Lipinski definition) is 1. The second-order valence-corrected chi connectivity index (χ2v) is 4.42. The van der Waals surface area contributed by atoms with Crippen LogP contribution >= 0.6 is 0 Å². The molecule has 2 aromatic rings. The maximum absolute atomic E-state index is 13.8. The fourth-order valence-corrected chi connectivity index (χ4v) is 1.84. The van der Waals surface area contributed by atoms with Crippen molar-refractivity contribution in [3.63, 3.8) is 0 Å². The lowest BCUT2D eigenvalue weighted by Gasteiger charge is -2.11. The second kappa shape index (κ2) is 5.19. The number of anilines is 1. The van der Waals surface area contributed by atoms with Gasteiger partial charge in [0, 0.05) is 13.2 Å². The van der Waals surface area contributed by atoms with Crippen molar-refractivity contribution >= 4 is 11.6 Å². The van der Waals surface area contributed by atoms with Gasteiger partial charge in [-0.2, -0.15) is 18.3 Å². The normalized spacial score (nSPS) is 11.5. The third-order valence-corrected chi connectivity index (χ3v) is 2.81. The molecule has 4 nitrogen and oxygen atoms in total. The Labute approximate surface area is 117 Å². The summed E-state index contributed by atoms with van der Waals surface area (Å²) >= 11 is 0. The van der Waals surface area contributed by atoms with Gasteiger partial charge in [0.1, 0.15) is 5.82 Å². The van der Waals surface area contributed by atoms with Crippen LogP contribution in [0.4, 0.5) is 23.2 Å². The Morgan fingerprint density at radius 3 is 2.52 bits per heavy atom. The zero-order chi connectivity index (χ0) is 15.8. The van der Waals surface area contributed by atoms with Crippen LogP contribution < -0.4 is 5.32 Å². The van der Waals surface area contributed by atoms with Crippen molar-refractivity contribution in [2.45, 2.75) is 13.1 Å². The lowest BCUT2D eigenvalue weighted by molar-refractivity contribution is -0.140. The zero-order valence-electron chi connectivity index (χ0n) is 11.1. The Bertz CT molecular complexity index is 691. The molecule has 0 atom stereocenters. The van der Waals surface area contributed by atoms with Gasteiger partial charge in [-0.1, -0.05) is 6.07 Å². The average molecular weight is 301 g/mol. The standard InChI is InChI=1S/C13H11F4N3O/c1-7-10(6-20(2)19-7)18-12(21)8-4-3-5-9(11(8)14)13(15,16)17/h3-6H,1-2H3,(H,18,21). The van der Waals surface area contributed by atoms with Gasteiger partial charge in [0.05, 0.1) is 22.5 Å². The molecule has 1 N–H and O–H groups in total. The third-order valence-electron chi connectivity index (χ3n) is 2.81. The third kappa shape index (κ3) is 3.04. The van der Waals surface area contributed by atoms with E-state index in [4.69, 9.17) is 0 Å². The van der Waals surface area contributed by atoms with Crippen LogP contribution in [0.15, 0.2) is 24.4 Å². The molecule has 0 fully saturated rings. The summed E-state index contributed by atoms with van der Waals surface area (Å²) in [5.74, 6) is -2.56. The molecule has 1 aromatic carbocycles. The summed E-state index contributed by atoms with van der Waals surface area (Å²) in [6.07, 6.45) is -3.39. The van der Waals surface area contributed by atoms with Gasteiger partial charge in [0.25, 0.3) is 5.91 Å². The van der Waals surface area contributed by atoms with Crippen molar-refractivity contribution in [3.05, 3.63) is 47.0 Å². The molecule has 0 aliphatic rings. The van der Waals surface area contributed by atoms with Gasteiger partial charge >= 0.3 is 6.18 Å². The number of carbonyl (C=O) groups excluding carboxylic acids is 1. The molecular weight excluding hydrogens is 290 g/mol. The van der Waals surface area contributed by atoms with E-state index in [1.54, 1.807) is 14.0 Å². The fourth-order valence-electron chi connectivity index (χ4n) is 1.84. The largest absolute Gasteiger partial charge is 0.419 e. The molecular formula is C13H11F4N3O. The summed E-state index contributed by atoms with van der Waals surface area (Å²) in [6, 6.07) is 2.56. The maximum Gasteiger partial charge on any atom is 0.419 e. The van der Waals surface area contributed by atoms with Crippen molar-refractivity contribution in [3.8, 4) is 0 Å². The summed E-state index contributed by atoms with van der Waals surface area (Å²) in [6.45, 7) is 1.61. The minimum absolute atomic E-state index is 0.305. The number of nitrogens with one attached hydrogen (secondary N) is 1. The quantitative estimate of drug-likeness (QED) is 0.866. The molecule has 0 radical (unpaired) electrons. The van der Waals surface area contributed by atoms with Gasteiger partial charge in [-0.05, 0) is 19.1 Å². The second-order valence-electron chi connectivity index (χ2n) is 4.42. The van der Waals surface area contributed by atoms with E-state index in [1.165, 1.54) is 10.9 Å². The van der Waals surface area contributed by atoms with Crippen molar-refractivity contribution in [1.29, 1.82) is 0 Å². The molecule has 1 aromatic heterocycles. The summed E-state index contributed by atoms with van der Waals surface area (Å²) in [4.78, 5) is 11.9. The molecule has 0 bridgehead atoms. The number of hydrogen-bond acceptors (Lipinski definition) is 2. The molecule has 0 saturated carbocycles. The SMILES string of the molecule is Cc1nn(C)cc1NC(=O)c1cccc(C(F)(F)F)c1F. The monoisotopic (exact) mass is 301 g/mol. The molecule has 1 heterocycles. The predicted molar refractivity (Wildman–Crippen MR) is 67.3 cm³/mol. The van der Waals surface area contributed by atoms with Crippen molar-refractivity contribution in [2.75, 3.05) is 5.32 Å². The summed E-state index contributed by atoms with van der Waals surface area (Å²) in [5, 5.41) is 6.30. The molecule has 0 saturated heterocycles. The number of carbonyl (C=O) groups is 1. The molecule has 21 heavy (non-hydrogen) atoms. The predicted octanol–water partition coefficient (Wildman–Crippen LogP) is 3.14. The first-order chi connectivity index (χ1) is 9.70. The first-order valence-corrected chi connectivity index (χ1v) is 5.87. The molecule has 0 aliphatic heterocycles. The Hall–Kier alpha value is -2.38. The van der Waals surface area contributed by atoms with Crippen molar-refractivity contribution < 1.29 is 22.4 Å². The van der Waals surface area contributed by atoms with Crippen LogP contribution in [0.5, 0.6) is 0 Å². The number of nitrogens with zero attached hydrogens (tertiary/aromatic N) is 2. The Kier molecular flexibility index (Phi) is 3.71. The average Bonchev–Trinajstić information content (AvgIpc) is 2.66. The van der Waals surface area contributed by atoms with E-state index >= 15 is 0 Å². The molecule has 2 rings (SSSR count). The fraction of sp³-hybridized carbons (Fsp3) is 0.231. The minimum Gasteiger partial charge on any atom is -0.319 e. The highest BCUT2D eigenvalue weighted by Crippen LogP contribution is 2.32. The van der Waals surface area contributed by atoms with E-state index in [0.717, 1.165) is 12.1 Å². The maximum atomic E-state index is 13.8. The zero-order valence-corrected chi connectivity index (χ0v) is 11.1. The van der Waals surface area contributed by atoms with Gasteiger partial charge in [0.15, 0.2) is 0 Å². The van der Waals surface area contributed by atoms with Crippen LogP contribution in [-0.2, 0) is 13.2 Å². The first-order valence-electron chi connectivity index (χ1n) is 5.87. The molecule has 0 unspecified atom stereocenters. The highest BCUT2D eigenvalue weighted by atomic mass is 19.4. The molecule has 8 heteroatoms. The van der Waals surface area contributed by atoms with Crippen LogP contribution in [0.3, 0.4) is 0 Å². The molecule has 1 amide bonds. The van der Waals surface area contributed by atoms with Gasteiger partial charge in [0.2, 0.25) is 0 Å². The van der Waals surface area contributed by atoms with E-state index < -0.39 is 29.0 Å². The Balaban J connectivity index is 2.34. The van der Waals surface area contributed by atoms with Gasteiger partial charge in [-0.3, -0.25) is 9.48 Å². The van der Waals surface area contributed by atoms with Gasteiger partial charge < -0.3 is 5.32 Å². The first kappa shape index (κ1) is 15.0. The van der Waals surface area contributed by atoms with Crippen molar-refractivity contribution in [1.82, 2.24) is 9.78 Å². The van der Waals surface area contributed by atoms with E-state index in [1.807, 2.05) is 0 Å². The van der Waals surface area contributed by atoms with E-state index in [9.17, 15) is 22.4 Å². The number of benzene rings is 1. The van der Waals surface area contributed by atoms with Gasteiger partial charge in [-0.15, -0.1) is 0 Å². The smallest absolute Gasteiger partial charge is 0.319 e. The number of alkyl halides is 3. The van der Waals surface area contributed by atoms with Crippen LogP contribution in [0.1, 0.15) is 21.6 Å². The van der Waals surface area contributed by atoms with E-state index in [2.05, 4.69) is 10.4 Å². The van der Waals surface area contributed by atoms with Crippen LogP contribution in [0, 0.1) is 12.7 Å². The van der Waals surface area contributed by atoms with E-state index in [-0.39, 0.29) is 0 Å². The minimum atomic E-state index is -4.86. The number of aromatic nitrogens is 2. The number of aryl methyl sites for hydroxylation is 2. The topological polar surface area (TPSA) is 46.9 Å². The molecule has 0 spiro atoms. The summed E-state index contributed by atoms with van der Waals surface area (Å²) in [5.41, 5.74) is -1.37. The molecule has 112 valence electrons. The molecule has 0 aliphatic carbocycles. The Morgan fingerprint density at radius 1 is 1.33 bits per heavy atom. The van der Waals surface area contributed by atoms with Gasteiger partial charge in [-0.25, -0.2) is 4.39 Å². The summed E-state index contributed by atoms with van der Waals surface area (Å²) in [7, 11) is 1.62. The number of amides is 1. The highest BCUT2D eigenvalue weighted by molar-refractivity contribution is 6.04. The van der Waals surface area contributed by atoms with Crippen LogP contribution in [0.25, 0.3) is 0 Å².